The molecule has 0 saturated carbocycles. The van der Waals surface area contributed by atoms with Gasteiger partial charge in [0.15, 0.2) is 6.17 Å². The molecule has 4 heterocycles. The van der Waals surface area contributed by atoms with E-state index < -0.39 is 18.1 Å². The van der Waals surface area contributed by atoms with Crippen LogP contribution in [0, 0.1) is 11.8 Å². The molecule has 3 fully saturated rings. The highest BCUT2D eigenvalue weighted by molar-refractivity contribution is 5.94. The standard InChI is InChI=1S/C21H25FN6O2/c1-2-14-18(22)19(29)26-21(25-14)28-10-12-8-27(9-13(12)11-28)20(30)17-7-23-15-5-3-4-6-16(15)24-17/h3-7,12-14,18,21,25H,2,8-11H2,1H3,(H,26,29). The van der Waals surface area contributed by atoms with Crippen molar-refractivity contribution in [3.63, 3.8) is 0 Å². The predicted molar refractivity (Wildman–Crippen MR) is 108 cm³/mol. The Hall–Kier alpha value is -2.65. The lowest BCUT2D eigenvalue weighted by Crippen LogP contribution is -2.67. The molecule has 1 aromatic carbocycles. The van der Waals surface area contributed by atoms with Gasteiger partial charge in [-0.2, -0.15) is 0 Å². The summed E-state index contributed by atoms with van der Waals surface area (Å²) in [5.41, 5.74) is 1.85. The summed E-state index contributed by atoms with van der Waals surface area (Å²) >= 11 is 0. The summed E-state index contributed by atoms with van der Waals surface area (Å²) in [4.78, 5) is 37.7. The average molecular weight is 412 g/mol. The zero-order valence-corrected chi connectivity index (χ0v) is 16.8. The molecule has 0 radical (unpaired) electrons. The minimum absolute atomic E-state index is 0.0929. The fraction of sp³-hybridized carbons (Fsp3) is 0.524. The first kappa shape index (κ1) is 19.3. The van der Waals surface area contributed by atoms with Gasteiger partial charge in [0.1, 0.15) is 12.0 Å². The molecule has 3 aliphatic heterocycles. The topological polar surface area (TPSA) is 90.5 Å². The van der Waals surface area contributed by atoms with Crippen LogP contribution in [0.5, 0.6) is 0 Å². The Morgan fingerprint density at radius 3 is 2.57 bits per heavy atom. The van der Waals surface area contributed by atoms with Crippen molar-refractivity contribution in [1.82, 2.24) is 30.4 Å². The number of likely N-dealkylation sites (tertiary alicyclic amines) is 2. The van der Waals surface area contributed by atoms with Gasteiger partial charge in [-0.3, -0.25) is 24.8 Å². The molecule has 9 heteroatoms. The van der Waals surface area contributed by atoms with E-state index in [1.165, 1.54) is 0 Å². The van der Waals surface area contributed by atoms with Crippen LogP contribution in [0.25, 0.3) is 11.0 Å². The molecule has 5 rings (SSSR count). The third kappa shape index (κ3) is 3.31. The molecule has 0 aliphatic carbocycles. The highest BCUT2D eigenvalue weighted by Gasteiger charge is 2.46. The van der Waals surface area contributed by atoms with E-state index in [4.69, 9.17) is 0 Å². The second-order valence-electron chi connectivity index (χ2n) is 8.42. The molecule has 3 aliphatic rings. The maximum atomic E-state index is 14.0. The number of hydrogen-bond donors (Lipinski definition) is 2. The number of nitrogens with one attached hydrogen (secondary N) is 2. The Kier molecular flexibility index (Phi) is 4.86. The van der Waals surface area contributed by atoms with Crippen LogP contribution in [0.1, 0.15) is 23.8 Å². The van der Waals surface area contributed by atoms with Crippen molar-refractivity contribution in [3.05, 3.63) is 36.2 Å². The summed E-state index contributed by atoms with van der Waals surface area (Å²) in [7, 11) is 0. The Bertz CT molecular complexity index is 973. The van der Waals surface area contributed by atoms with Crippen molar-refractivity contribution in [3.8, 4) is 0 Å². The normalized spacial score (nSPS) is 31.7. The summed E-state index contributed by atoms with van der Waals surface area (Å²) in [6.07, 6.45) is 0.242. The summed E-state index contributed by atoms with van der Waals surface area (Å²) in [5.74, 6) is 0.00689. The van der Waals surface area contributed by atoms with Gasteiger partial charge in [-0.25, -0.2) is 9.37 Å². The molecule has 158 valence electrons. The SMILES string of the molecule is CCC1NC(N2CC3CN(C(=O)c4cnc5ccccc5n4)CC3C2)NC(=O)C1F. The maximum Gasteiger partial charge on any atom is 0.274 e. The number of para-hydroxylation sites is 2. The largest absolute Gasteiger partial charge is 0.337 e. The van der Waals surface area contributed by atoms with E-state index >= 15 is 0 Å². The van der Waals surface area contributed by atoms with Gasteiger partial charge in [0.05, 0.1) is 23.3 Å². The number of carbonyl (C=O) groups excluding carboxylic acids is 2. The van der Waals surface area contributed by atoms with E-state index in [-0.39, 0.29) is 12.2 Å². The smallest absolute Gasteiger partial charge is 0.274 e. The van der Waals surface area contributed by atoms with Gasteiger partial charge in [-0.05, 0) is 30.4 Å². The van der Waals surface area contributed by atoms with Gasteiger partial charge in [0.2, 0.25) is 0 Å². The van der Waals surface area contributed by atoms with Crippen molar-refractivity contribution in [2.24, 2.45) is 11.8 Å². The first-order valence-corrected chi connectivity index (χ1v) is 10.5. The summed E-state index contributed by atoms with van der Waals surface area (Å²) in [6.45, 7) is 4.68. The highest BCUT2D eigenvalue weighted by atomic mass is 19.1. The van der Waals surface area contributed by atoms with Crippen LogP contribution < -0.4 is 10.6 Å². The van der Waals surface area contributed by atoms with Gasteiger partial charge in [-0.1, -0.05) is 19.1 Å². The van der Waals surface area contributed by atoms with Crippen molar-refractivity contribution in [2.75, 3.05) is 26.2 Å². The number of amides is 2. The highest BCUT2D eigenvalue weighted by Crippen LogP contribution is 2.33. The molecule has 0 bridgehead atoms. The molecule has 30 heavy (non-hydrogen) atoms. The monoisotopic (exact) mass is 412 g/mol. The fourth-order valence-electron chi connectivity index (χ4n) is 4.88. The zero-order chi connectivity index (χ0) is 20.8. The van der Waals surface area contributed by atoms with Crippen LogP contribution in [0.3, 0.4) is 0 Å². The number of alkyl halides is 1. The number of hydrogen-bond acceptors (Lipinski definition) is 6. The molecule has 0 spiro atoms. The quantitative estimate of drug-likeness (QED) is 0.774. The molecule has 1 aromatic heterocycles. The molecule has 2 N–H and O–H groups in total. The van der Waals surface area contributed by atoms with Gasteiger partial charge in [-0.15, -0.1) is 0 Å². The van der Waals surface area contributed by atoms with E-state index in [0.717, 1.165) is 18.6 Å². The zero-order valence-electron chi connectivity index (χ0n) is 16.8. The minimum Gasteiger partial charge on any atom is -0.337 e. The van der Waals surface area contributed by atoms with Crippen LogP contribution in [-0.2, 0) is 4.79 Å². The van der Waals surface area contributed by atoms with Gasteiger partial charge in [0.25, 0.3) is 11.8 Å². The van der Waals surface area contributed by atoms with E-state index in [2.05, 4.69) is 25.5 Å². The third-order valence-electron chi connectivity index (χ3n) is 6.53. The molecule has 3 saturated heterocycles. The molecular weight excluding hydrogens is 387 g/mol. The Morgan fingerprint density at radius 2 is 1.87 bits per heavy atom. The molecule has 5 unspecified atom stereocenters. The van der Waals surface area contributed by atoms with Crippen molar-refractivity contribution < 1.29 is 14.0 Å². The predicted octanol–water partition coefficient (Wildman–Crippen LogP) is 0.753. The van der Waals surface area contributed by atoms with Gasteiger partial charge >= 0.3 is 0 Å². The summed E-state index contributed by atoms with van der Waals surface area (Å²) in [6, 6.07) is 7.04. The van der Waals surface area contributed by atoms with E-state index in [1.807, 2.05) is 36.1 Å². The van der Waals surface area contributed by atoms with Crippen molar-refractivity contribution >= 4 is 22.8 Å². The first-order valence-electron chi connectivity index (χ1n) is 10.5. The number of rotatable bonds is 3. The first-order chi connectivity index (χ1) is 14.5. The molecular formula is C21H25FN6O2. The fourth-order valence-corrected chi connectivity index (χ4v) is 4.88. The van der Waals surface area contributed by atoms with Crippen LogP contribution >= 0.6 is 0 Å². The van der Waals surface area contributed by atoms with Crippen LogP contribution in [0.2, 0.25) is 0 Å². The number of halogens is 1. The average Bonchev–Trinajstić information content (AvgIpc) is 3.34. The van der Waals surface area contributed by atoms with E-state index in [1.54, 1.807) is 6.20 Å². The second kappa shape index (κ2) is 7.55. The lowest BCUT2D eigenvalue weighted by atomic mass is 10.0. The molecule has 5 atom stereocenters. The van der Waals surface area contributed by atoms with Crippen molar-refractivity contribution in [2.45, 2.75) is 31.8 Å². The second-order valence-corrected chi connectivity index (χ2v) is 8.42. The minimum atomic E-state index is -1.51. The number of carbonyl (C=O) groups is 2. The van der Waals surface area contributed by atoms with Crippen molar-refractivity contribution in [1.29, 1.82) is 0 Å². The Morgan fingerprint density at radius 1 is 1.17 bits per heavy atom. The number of nitrogens with zero attached hydrogens (tertiary/aromatic N) is 4. The van der Waals surface area contributed by atoms with Gasteiger partial charge in [0, 0.05) is 26.2 Å². The number of fused-ring (bicyclic) bond motifs is 2. The van der Waals surface area contributed by atoms with E-state index in [9.17, 15) is 14.0 Å². The van der Waals surface area contributed by atoms with Gasteiger partial charge < -0.3 is 10.2 Å². The molecule has 8 nitrogen and oxygen atoms in total. The number of benzene rings is 1. The maximum absolute atomic E-state index is 14.0. The molecule has 2 amide bonds. The van der Waals surface area contributed by atoms with E-state index in [0.29, 0.717) is 42.6 Å². The van der Waals surface area contributed by atoms with Crippen LogP contribution in [0.15, 0.2) is 30.5 Å². The van der Waals surface area contributed by atoms with Crippen LogP contribution in [-0.4, -0.2) is 76.3 Å². The third-order valence-corrected chi connectivity index (χ3v) is 6.53. The van der Waals surface area contributed by atoms with Crippen LogP contribution in [0.4, 0.5) is 4.39 Å². The Balaban J connectivity index is 1.23. The Labute approximate surface area is 173 Å². The lowest BCUT2D eigenvalue weighted by Gasteiger charge is -2.38. The lowest BCUT2D eigenvalue weighted by molar-refractivity contribution is -0.133. The summed E-state index contributed by atoms with van der Waals surface area (Å²) in [5, 5.41) is 5.95. The number of aromatic nitrogens is 2. The summed E-state index contributed by atoms with van der Waals surface area (Å²) < 4.78 is 14.0. The molecule has 2 aromatic rings.